The van der Waals surface area contributed by atoms with Gasteiger partial charge in [0, 0.05) is 13.1 Å². The summed E-state index contributed by atoms with van der Waals surface area (Å²) in [5, 5.41) is 7.47. The highest BCUT2D eigenvalue weighted by Gasteiger charge is 2.41. The molecule has 2 aliphatic rings. The molecular formula is C23H29N3. The predicted octanol–water partition coefficient (Wildman–Crippen LogP) is 4.18. The van der Waals surface area contributed by atoms with E-state index in [1.165, 1.54) is 35.4 Å². The number of nitrogens with one attached hydrogen (secondary N) is 2. The van der Waals surface area contributed by atoms with Crippen molar-refractivity contribution in [3.05, 3.63) is 71.3 Å². The Morgan fingerprint density at radius 2 is 1.77 bits per heavy atom. The van der Waals surface area contributed by atoms with Crippen LogP contribution in [-0.4, -0.2) is 24.5 Å². The van der Waals surface area contributed by atoms with Gasteiger partial charge < -0.3 is 10.6 Å². The van der Waals surface area contributed by atoms with E-state index in [2.05, 4.69) is 72.2 Å². The van der Waals surface area contributed by atoms with Crippen molar-refractivity contribution in [2.75, 3.05) is 13.1 Å². The van der Waals surface area contributed by atoms with Gasteiger partial charge in [-0.3, -0.25) is 4.99 Å². The molecule has 4 rings (SSSR count). The minimum atomic E-state index is 0.0498. The predicted molar refractivity (Wildman–Crippen MR) is 109 cm³/mol. The highest BCUT2D eigenvalue weighted by atomic mass is 15.2. The second-order valence-corrected chi connectivity index (χ2v) is 7.76. The van der Waals surface area contributed by atoms with E-state index in [4.69, 9.17) is 4.99 Å². The lowest BCUT2D eigenvalue weighted by molar-refractivity contribution is 0.276. The van der Waals surface area contributed by atoms with E-state index >= 15 is 0 Å². The van der Waals surface area contributed by atoms with E-state index in [0.717, 1.165) is 32.5 Å². The third kappa shape index (κ3) is 3.68. The molecule has 1 fully saturated rings. The van der Waals surface area contributed by atoms with E-state index in [0.29, 0.717) is 5.92 Å². The molecule has 1 aliphatic heterocycles. The van der Waals surface area contributed by atoms with Crippen molar-refractivity contribution < 1.29 is 0 Å². The van der Waals surface area contributed by atoms with Crippen LogP contribution >= 0.6 is 0 Å². The summed E-state index contributed by atoms with van der Waals surface area (Å²) in [6.07, 6.45) is 4.77. The Morgan fingerprint density at radius 1 is 1.04 bits per heavy atom. The zero-order valence-electron chi connectivity index (χ0n) is 15.7. The quantitative estimate of drug-likeness (QED) is 0.874. The van der Waals surface area contributed by atoms with Crippen LogP contribution in [0.2, 0.25) is 0 Å². The molecule has 1 spiro atoms. The third-order valence-corrected chi connectivity index (χ3v) is 5.99. The number of amidine groups is 1. The number of rotatable bonds is 3. The van der Waals surface area contributed by atoms with Gasteiger partial charge in [-0.2, -0.15) is 0 Å². The number of aliphatic imine (C=N–C) groups is 1. The van der Waals surface area contributed by atoms with Crippen molar-refractivity contribution in [1.29, 1.82) is 0 Å². The normalized spacial score (nSPS) is 25.7. The van der Waals surface area contributed by atoms with E-state index in [1.807, 2.05) is 0 Å². The summed E-state index contributed by atoms with van der Waals surface area (Å²) in [6, 6.07) is 19.8. The summed E-state index contributed by atoms with van der Waals surface area (Å²) in [4.78, 5) is 4.88. The zero-order chi connectivity index (χ0) is 17.8. The molecule has 0 saturated heterocycles. The van der Waals surface area contributed by atoms with Crippen LogP contribution in [0.5, 0.6) is 0 Å². The molecule has 1 aliphatic carbocycles. The largest absolute Gasteiger partial charge is 0.368 e. The van der Waals surface area contributed by atoms with E-state index in [9.17, 15) is 0 Å². The van der Waals surface area contributed by atoms with Crippen molar-refractivity contribution in [2.45, 2.75) is 50.6 Å². The highest BCUT2D eigenvalue weighted by molar-refractivity contribution is 5.92. The smallest absolute Gasteiger partial charge is 0.117 e. The molecular weight excluding hydrogens is 318 g/mol. The first-order chi connectivity index (χ1) is 12.8. The Bertz CT molecular complexity index is 741. The number of aryl methyl sites for hydroxylation is 1. The topological polar surface area (TPSA) is 36.4 Å². The van der Waals surface area contributed by atoms with Gasteiger partial charge in [-0.05, 0) is 49.7 Å². The van der Waals surface area contributed by atoms with Gasteiger partial charge in [0.2, 0.25) is 0 Å². The van der Waals surface area contributed by atoms with E-state index in [1.54, 1.807) is 0 Å². The van der Waals surface area contributed by atoms with Gasteiger partial charge in [-0.15, -0.1) is 0 Å². The molecule has 2 aromatic carbocycles. The van der Waals surface area contributed by atoms with Crippen LogP contribution < -0.4 is 10.6 Å². The number of hydrogen-bond acceptors (Lipinski definition) is 3. The van der Waals surface area contributed by atoms with Gasteiger partial charge in [0.05, 0.1) is 12.1 Å². The summed E-state index contributed by atoms with van der Waals surface area (Å²) in [5.41, 5.74) is 4.16. The summed E-state index contributed by atoms with van der Waals surface area (Å²) >= 11 is 0. The number of hydrogen-bond donors (Lipinski definition) is 2. The second kappa shape index (κ2) is 7.63. The maximum Gasteiger partial charge on any atom is 0.117 e. The SMILES string of the molecule is Cc1ccc(CNC2=NCCNC23CCC(c2ccccc2)CC3)cc1. The summed E-state index contributed by atoms with van der Waals surface area (Å²) < 4.78 is 0. The van der Waals surface area contributed by atoms with Crippen molar-refractivity contribution >= 4 is 5.84 Å². The lowest BCUT2D eigenvalue weighted by Crippen LogP contribution is -2.61. The molecule has 0 radical (unpaired) electrons. The Balaban J connectivity index is 1.42. The van der Waals surface area contributed by atoms with Gasteiger partial charge in [-0.25, -0.2) is 0 Å². The average molecular weight is 348 g/mol. The Morgan fingerprint density at radius 3 is 2.50 bits per heavy atom. The molecule has 0 bridgehead atoms. The van der Waals surface area contributed by atoms with Crippen LogP contribution in [0.4, 0.5) is 0 Å². The van der Waals surface area contributed by atoms with Gasteiger partial charge in [0.15, 0.2) is 0 Å². The van der Waals surface area contributed by atoms with Crippen LogP contribution in [0, 0.1) is 6.92 Å². The van der Waals surface area contributed by atoms with Crippen LogP contribution in [-0.2, 0) is 6.54 Å². The Kier molecular flexibility index (Phi) is 5.07. The molecule has 3 heteroatoms. The maximum atomic E-state index is 4.88. The standard InChI is InChI=1S/C23H29N3/c1-18-7-9-19(10-8-18)17-25-22-23(26-16-15-24-22)13-11-21(12-14-23)20-5-3-2-4-6-20/h2-10,21,26H,11-17H2,1H3,(H,24,25). The Labute approximate surface area is 156 Å². The molecule has 2 aromatic rings. The van der Waals surface area contributed by atoms with E-state index in [-0.39, 0.29) is 5.54 Å². The van der Waals surface area contributed by atoms with Crippen LogP contribution in [0.25, 0.3) is 0 Å². The van der Waals surface area contributed by atoms with Crippen molar-refractivity contribution in [3.8, 4) is 0 Å². The van der Waals surface area contributed by atoms with Gasteiger partial charge >= 0.3 is 0 Å². The third-order valence-electron chi connectivity index (χ3n) is 5.99. The fourth-order valence-corrected chi connectivity index (χ4v) is 4.40. The summed E-state index contributed by atoms with van der Waals surface area (Å²) in [7, 11) is 0. The van der Waals surface area contributed by atoms with Crippen LogP contribution in [0.1, 0.15) is 48.3 Å². The van der Waals surface area contributed by atoms with Crippen LogP contribution in [0.3, 0.4) is 0 Å². The van der Waals surface area contributed by atoms with Crippen molar-refractivity contribution in [2.24, 2.45) is 4.99 Å². The molecule has 3 nitrogen and oxygen atoms in total. The summed E-state index contributed by atoms with van der Waals surface area (Å²) in [6.45, 7) is 4.85. The monoisotopic (exact) mass is 347 g/mol. The lowest BCUT2D eigenvalue weighted by Gasteiger charge is -2.44. The fourth-order valence-electron chi connectivity index (χ4n) is 4.40. The average Bonchev–Trinajstić information content (AvgIpc) is 2.70. The number of benzene rings is 2. The molecule has 1 saturated carbocycles. The highest BCUT2D eigenvalue weighted by Crippen LogP contribution is 2.39. The Hall–Kier alpha value is -2.13. The molecule has 0 aromatic heterocycles. The first kappa shape index (κ1) is 17.3. The zero-order valence-corrected chi connectivity index (χ0v) is 15.7. The molecule has 0 unspecified atom stereocenters. The molecule has 0 amide bonds. The minimum Gasteiger partial charge on any atom is -0.368 e. The minimum absolute atomic E-state index is 0.0498. The maximum absolute atomic E-state index is 4.88. The van der Waals surface area contributed by atoms with Gasteiger partial charge in [-0.1, -0.05) is 60.2 Å². The molecule has 26 heavy (non-hydrogen) atoms. The summed E-state index contributed by atoms with van der Waals surface area (Å²) in [5.74, 6) is 1.86. The fraction of sp³-hybridized carbons (Fsp3) is 0.435. The molecule has 0 atom stereocenters. The molecule has 1 heterocycles. The molecule has 2 N–H and O–H groups in total. The van der Waals surface area contributed by atoms with Gasteiger partial charge in [0.25, 0.3) is 0 Å². The van der Waals surface area contributed by atoms with E-state index < -0.39 is 0 Å². The number of nitrogens with zero attached hydrogens (tertiary/aromatic N) is 1. The van der Waals surface area contributed by atoms with Crippen LogP contribution in [0.15, 0.2) is 59.6 Å². The first-order valence-electron chi connectivity index (χ1n) is 9.89. The lowest BCUT2D eigenvalue weighted by atomic mass is 9.73. The van der Waals surface area contributed by atoms with Gasteiger partial charge in [0.1, 0.15) is 5.84 Å². The second-order valence-electron chi connectivity index (χ2n) is 7.76. The van der Waals surface area contributed by atoms with Crippen molar-refractivity contribution in [1.82, 2.24) is 10.6 Å². The van der Waals surface area contributed by atoms with Crippen molar-refractivity contribution in [3.63, 3.8) is 0 Å². The molecule has 136 valence electrons. The first-order valence-corrected chi connectivity index (χ1v) is 9.89.